The van der Waals surface area contributed by atoms with Crippen LogP contribution in [0.2, 0.25) is 5.02 Å². The van der Waals surface area contributed by atoms with Gasteiger partial charge in [-0.25, -0.2) is 4.79 Å². The summed E-state index contributed by atoms with van der Waals surface area (Å²) in [6.45, 7) is 1.46. The number of ether oxygens (including phenoxy) is 1. The average molecular weight is 280 g/mol. The fourth-order valence-corrected chi connectivity index (χ4v) is 1.28. The van der Waals surface area contributed by atoms with Gasteiger partial charge in [0.25, 0.3) is 0 Å². The summed E-state index contributed by atoms with van der Waals surface area (Å²) < 4.78 is 5.80. The molecule has 0 aliphatic heterocycles. The molecule has 0 fully saturated rings. The quantitative estimate of drug-likeness (QED) is 0.925. The van der Waals surface area contributed by atoms with E-state index < -0.39 is 12.1 Å². The van der Waals surface area contributed by atoms with E-state index in [-0.39, 0.29) is 0 Å². The van der Waals surface area contributed by atoms with E-state index in [0.717, 1.165) is 0 Å². The number of aliphatic carboxylic acids is 1. The number of carboxylic acids is 1. The number of rotatable bonds is 3. The van der Waals surface area contributed by atoms with Crippen LogP contribution in [-0.2, 0) is 4.79 Å². The first kappa shape index (κ1) is 11.3. The summed E-state index contributed by atoms with van der Waals surface area (Å²) in [5.41, 5.74) is 0. The van der Waals surface area contributed by atoms with Crippen LogP contribution in [0.1, 0.15) is 6.92 Å². The Morgan fingerprint density at radius 2 is 2.29 bits per heavy atom. The highest BCUT2D eigenvalue weighted by Gasteiger charge is 2.12. The number of hydrogen-bond donors (Lipinski definition) is 1. The second-order valence-electron chi connectivity index (χ2n) is 2.67. The lowest BCUT2D eigenvalue weighted by Gasteiger charge is -2.10. The zero-order valence-corrected chi connectivity index (χ0v) is 9.67. The Kier molecular flexibility index (Phi) is 3.77. The Balaban J connectivity index is 2.78. The molecule has 0 aliphatic carbocycles. The Morgan fingerprint density at radius 3 is 2.79 bits per heavy atom. The Bertz CT molecular complexity index is 354. The molecule has 14 heavy (non-hydrogen) atoms. The molecule has 0 aromatic heterocycles. The molecule has 1 aromatic carbocycles. The molecular weight excluding hydrogens is 271 g/mol. The molecule has 76 valence electrons. The molecule has 1 aromatic rings. The topological polar surface area (TPSA) is 46.5 Å². The summed E-state index contributed by atoms with van der Waals surface area (Å²) in [4.78, 5) is 10.5. The van der Waals surface area contributed by atoms with E-state index in [4.69, 9.17) is 21.4 Å². The summed E-state index contributed by atoms with van der Waals surface area (Å²) in [5.74, 6) is -0.535. The van der Waals surface area contributed by atoms with E-state index in [1.807, 2.05) is 0 Å². The highest BCUT2D eigenvalue weighted by atomic mass is 79.9. The van der Waals surface area contributed by atoms with Crippen LogP contribution in [0.5, 0.6) is 5.75 Å². The average Bonchev–Trinajstić information content (AvgIpc) is 2.11. The predicted octanol–water partition coefficient (Wildman–Crippen LogP) is 2.95. The van der Waals surface area contributed by atoms with Crippen LogP contribution < -0.4 is 4.74 Å². The molecule has 0 bridgehead atoms. The van der Waals surface area contributed by atoms with Crippen molar-refractivity contribution in [1.82, 2.24) is 0 Å². The zero-order valence-electron chi connectivity index (χ0n) is 7.33. The van der Waals surface area contributed by atoms with Gasteiger partial charge in [-0.3, -0.25) is 0 Å². The maximum absolute atomic E-state index is 10.5. The largest absolute Gasteiger partial charge is 0.479 e. The van der Waals surface area contributed by atoms with Crippen LogP contribution in [0.4, 0.5) is 0 Å². The lowest BCUT2D eigenvalue weighted by Crippen LogP contribution is -2.22. The van der Waals surface area contributed by atoms with Gasteiger partial charge < -0.3 is 9.84 Å². The van der Waals surface area contributed by atoms with Crippen molar-refractivity contribution >= 4 is 33.5 Å². The van der Waals surface area contributed by atoms with Crippen LogP contribution >= 0.6 is 27.5 Å². The Morgan fingerprint density at radius 1 is 1.64 bits per heavy atom. The van der Waals surface area contributed by atoms with E-state index in [2.05, 4.69) is 15.9 Å². The molecule has 0 unspecified atom stereocenters. The highest BCUT2D eigenvalue weighted by Crippen LogP contribution is 2.27. The molecule has 0 saturated carbocycles. The maximum Gasteiger partial charge on any atom is 0.344 e. The van der Waals surface area contributed by atoms with Crippen LogP contribution in [0.15, 0.2) is 22.7 Å². The fraction of sp³-hybridized carbons (Fsp3) is 0.222. The SMILES string of the molecule is C[C@H](Oc1ccc(Cl)c(Br)c1)C(=O)O. The van der Waals surface area contributed by atoms with Crippen LogP contribution in [0.25, 0.3) is 0 Å². The lowest BCUT2D eigenvalue weighted by molar-refractivity contribution is -0.144. The number of carboxylic acid groups (broad SMARTS) is 1. The first-order chi connectivity index (χ1) is 6.50. The third kappa shape index (κ3) is 2.89. The van der Waals surface area contributed by atoms with E-state index in [9.17, 15) is 4.79 Å². The van der Waals surface area contributed by atoms with Gasteiger partial charge in [0, 0.05) is 4.47 Å². The van der Waals surface area contributed by atoms with E-state index in [0.29, 0.717) is 15.2 Å². The molecule has 0 amide bonds. The number of benzene rings is 1. The van der Waals surface area contributed by atoms with Crippen molar-refractivity contribution < 1.29 is 14.6 Å². The normalized spacial score (nSPS) is 12.2. The van der Waals surface area contributed by atoms with Crippen molar-refractivity contribution in [3.05, 3.63) is 27.7 Å². The first-order valence-electron chi connectivity index (χ1n) is 3.85. The van der Waals surface area contributed by atoms with Gasteiger partial charge in [-0.15, -0.1) is 0 Å². The van der Waals surface area contributed by atoms with Crippen molar-refractivity contribution in [3.8, 4) is 5.75 Å². The maximum atomic E-state index is 10.5. The van der Waals surface area contributed by atoms with Gasteiger partial charge in [-0.2, -0.15) is 0 Å². The monoisotopic (exact) mass is 278 g/mol. The molecule has 1 rings (SSSR count). The van der Waals surface area contributed by atoms with Gasteiger partial charge in [-0.1, -0.05) is 11.6 Å². The molecule has 5 heteroatoms. The van der Waals surface area contributed by atoms with Crippen molar-refractivity contribution in [1.29, 1.82) is 0 Å². The van der Waals surface area contributed by atoms with E-state index in [1.165, 1.54) is 6.92 Å². The standard InChI is InChI=1S/C9H8BrClO3/c1-5(9(12)13)14-6-2-3-8(11)7(10)4-6/h2-5H,1H3,(H,12,13)/t5-/m0/s1. The summed E-state index contributed by atoms with van der Waals surface area (Å²) >= 11 is 8.97. The second-order valence-corrected chi connectivity index (χ2v) is 3.94. The predicted molar refractivity (Wildman–Crippen MR) is 56.9 cm³/mol. The van der Waals surface area contributed by atoms with Crippen molar-refractivity contribution in [2.24, 2.45) is 0 Å². The van der Waals surface area contributed by atoms with Crippen LogP contribution in [0, 0.1) is 0 Å². The lowest BCUT2D eigenvalue weighted by atomic mass is 10.3. The highest BCUT2D eigenvalue weighted by molar-refractivity contribution is 9.10. The van der Waals surface area contributed by atoms with E-state index >= 15 is 0 Å². The van der Waals surface area contributed by atoms with Crippen molar-refractivity contribution in [2.75, 3.05) is 0 Å². The van der Waals surface area contributed by atoms with Crippen molar-refractivity contribution in [3.63, 3.8) is 0 Å². The molecule has 1 N–H and O–H groups in total. The smallest absolute Gasteiger partial charge is 0.344 e. The summed E-state index contributed by atoms with van der Waals surface area (Å²) in [6, 6.07) is 4.88. The number of hydrogen-bond acceptors (Lipinski definition) is 2. The molecule has 0 radical (unpaired) electrons. The summed E-state index contributed by atoms with van der Waals surface area (Å²) in [6.07, 6.45) is -0.872. The summed E-state index contributed by atoms with van der Waals surface area (Å²) in [5, 5.41) is 9.16. The second kappa shape index (κ2) is 4.66. The molecule has 0 aliphatic rings. The van der Waals surface area contributed by atoms with E-state index in [1.54, 1.807) is 18.2 Å². The third-order valence-electron chi connectivity index (χ3n) is 1.55. The van der Waals surface area contributed by atoms with Crippen molar-refractivity contribution in [2.45, 2.75) is 13.0 Å². The number of halogens is 2. The zero-order chi connectivity index (χ0) is 10.7. The van der Waals surface area contributed by atoms with Gasteiger partial charge >= 0.3 is 5.97 Å². The van der Waals surface area contributed by atoms with Gasteiger partial charge in [0.05, 0.1) is 5.02 Å². The number of carbonyl (C=O) groups is 1. The Labute approximate surface area is 94.8 Å². The minimum absolute atomic E-state index is 0.469. The van der Waals surface area contributed by atoms with Crippen LogP contribution in [0.3, 0.4) is 0 Å². The molecule has 3 nitrogen and oxygen atoms in total. The first-order valence-corrected chi connectivity index (χ1v) is 5.02. The van der Waals surface area contributed by atoms with Gasteiger partial charge in [-0.05, 0) is 41.1 Å². The third-order valence-corrected chi connectivity index (χ3v) is 2.77. The van der Waals surface area contributed by atoms with Gasteiger partial charge in [0.15, 0.2) is 6.10 Å². The molecular formula is C9H8BrClO3. The minimum Gasteiger partial charge on any atom is -0.479 e. The van der Waals surface area contributed by atoms with Gasteiger partial charge in [0.2, 0.25) is 0 Å². The molecule has 0 heterocycles. The minimum atomic E-state index is -1.00. The van der Waals surface area contributed by atoms with Gasteiger partial charge in [0.1, 0.15) is 5.75 Å². The summed E-state index contributed by atoms with van der Waals surface area (Å²) in [7, 11) is 0. The molecule has 1 atom stereocenters. The molecule has 0 spiro atoms. The fourth-order valence-electron chi connectivity index (χ4n) is 0.805. The Hall–Kier alpha value is -0.740. The van der Waals surface area contributed by atoms with Crippen LogP contribution in [-0.4, -0.2) is 17.2 Å². The molecule has 0 saturated heterocycles.